The third kappa shape index (κ3) is 3.12. The number of nitrogens with one attached hydrogen (secondary N) is 1. The highest BCUT2D eigenvalue weighted by Gasteiger charge is 2.06. The van der Waals surface area contributed by atoms with Crippen molar-refractivity contribution in [1.29, 1.82) is 0 Å². The summed E-state index contributed by atoms with van der Waals surface area (Å²) in [5.74, 6) is 0.0987. The molecule has 0 radical (unpaired) electrons. The highest BCUT2D eigenvalue weighted by atomic mass is 32.2. The van der Waals surface area contributed by atoms with Crippen LogP contribution in [0.25, 0.3) is 0 Å². The predicted molar refractivity (Wildman–Crippen MR) is 54.2 cm³/mol. The van der Waals surface area contributed by atoms with E-state index in [0.29, 0.717) is 0 Å². The molecule has 6 heteroatoms. The van der Waals surface area contributed by atoms with E-state index in [0.717, 1.165) is 12.2 Å². The van der Waals surface area contributed by atoms with Gasteiger partial charge in [0.15, 0.2) is 0 Å². The summed E-state index contributed by atoms with van der Waals surface area (Å²) in [6.07, 6.45) is 1.83. The molecule has 5 nitrogen and oxygen atoms in total. The van der Waals surface area contributed by atoms with Crippen molar-refractivity contribution in [2.75, 3.05) is 5.75 Å². The first-order chi connectivity index (χ1) is 6.57. The molecule has 0 aliphatic rings. The lowest BCUT2D eigenvalue weighted by atomic mass is 10.4. The van der Waals surface area contributed by atoms with Gasteiger partial charge in [-0.25, -0.2) is 13.1 Å². The number of aromatic nitrogens is 2. The van der Waals surface area contributed by atoms with E-state index in [-0.39, 0.29) is 12.3 Å². The Kier molecular flexibility index (Phi) is 3.65. The van der Waals surface area contributed by atoms with Gasteiger partial charge in [0, 0.05) is 12.7 Å². The number of aryl methyl sites for hydroxylation is 1. The number of hydrogen-bond acceptors (Lipinski definition) is 3. The van der Waals surface area contributed by atoms with E-state index in [1.54, 1.807) is 11.6 Å². The maximum absolute atomic E-state index is 11.1. The molecule has 1 heterocycles. The van der Waals surface area contributed by atoms with Crippen LogP contribution in [0.2, 0.25) is 0 Å². The van der Waals surface area contributed by atoms with E-state index in [4.69, 9.17) is 0 Å². The second-order valence-corrected chi connectivity index (χ2v) is 4.98. The second kappa shape index (κ2) is 4.56. The smallest absolute Gasteiger partial charge is 0.211 e. The molecule has 0 atom stereocenters. The number of sulfonamides is 1. The second-order valence-electron chi connectivity index (χ2n) is 2.89. The Labute approximate surface area is 84.2 Å². The van der Waals surface area contributed by atoms with Crippen LogP contribution < -0.4 is 4.72 Å². The first-order valence-corrected chi connectivity index (χ1v) is 6.22. The number of hydrogen-bond donors (Lipinski definition) is 1. The fourth-order valence-corrected chi connectivity index (χ4v) is 1.53. The first-order valence-electron chi connectivity index (χ1n) is 4.57. The summed E-state index contributed by atoms with van der Waals surface area (Å²) >= 11 is 0. The van der Waals surface area contributed by atoms with E-state index < -0.39 is 10.0 Å². The van der Waals surface area contributed by atoms with Crippen LogP contribution in [0.3, 0.4) is 0 Å². The Morgan fingerprint density at radius 2 is 2.21 bits per heavy atom. The van der Waals surface area contributed by atoms with Gasteiger partial charge in [0.1, 0.15) is 0 Å². The molecule has 14 heavy (non-hydrogen) atoms. The van der Waals surface area contributed by atoms with Gasteiger partial charge in [-0.05, 0) is 19.9 Å². The summed E-state index contributed by atoms with van der Waals surface area (Å²) in [7, 11) is -3.11. The summed E-state index contributed by atoms with van der Waals surface area (Å²) in [5.41, 5.74) is 0.740. The van der Waals surface area contributed by atoms with Crippen molar-refractivity contribution in [3.63, 3.8) is 0 Å². The fourth-order valence-electron chi connectivity index (χ4n) is 0.960. The summed E-state index contributed by atoms with van der Waals surface area (Å²) in [4.78, 5) is 0. The number of nitrogens with zero attached hydrogens (tertiary/aromatic N) is 2. The Morgan fingerprint density at radius 1 is 1.50 bits per heavy atom. The third-order valence-electron chi connectivity index (χ3n) is 1.87. The van der Waals surface area contributed by atoms with Gasteiger partial charge in [-0.1, -0.05) is 0 Å². The average molecular weight is 217 g/mol. The lowest BCUT2D eigenvalue weighted by Gasteiger charge is -2.01. The zero-order valence-electron chi connectivity index (χ0n) is 8.40. The van der Waals surface area contributed by atoms with E-state index in [1.807, 2.05) is 19.2 Å². The van der Waals surface area contributed by atoms with Crippen LogP contribution in [0.4, 0.5) is 0 Å². The Balaban J connectivity index is 2.54. The summed E-state index contributed by atoms with van der Waals surface area (Å²) in [6, 6.07) is 1.81. The van der Waals surface area contributed by atoms with Gasteiger partial charge >= 0.3 is 0 Å². The molecule has 1 N–H and O–H groups in total. The SMILES string of the molecule is CCn1ccc(CNS(=O)(=O)CC)n1. The zero-order chi connectivity index (χ0) is 10.6. The van der Waals surface area contributed by atoms with Gasteiger partial charge in [-0.2, -0.15) is 5.10 Å². The molecule has 0 unspecified atom stereocenters. The van der Waals surface area contributed by atoms with Gasteiger partial charge in [0.2, 0.25) is 10.0 Å². The van der Waals surface area contributed by atoms with Crippen molar-refractivity contribution < 1.29 is 8.42 Å². The van der Waals surface area contributed by atoms with Crippen LogP contribution in [0.5, 0.6) is 0 Å². The van der Waals surface area contributed by atoms with Crippen molar-refractivity contribution in [3.05, 3.63) is 18.0 Å². The minimum atomic E-state index is -3.11. The van der Waals surface area contributed by atoms with Crippen molar-refractivity contribution >= 4 is 10.0 Å². The molecule has 0 aliphatic heterocycles. The van der Waals surface area contributed by atoms with Crippen LogP contribution >= 0.6 is 0 Å². The lowest BCUT2D eigenvalue weighted by Crippen LogP contribution is -2.24. The third-order valence-corrected chi connectivity index (χ3v) is 3.22. The topological polar surface area (TPSA) is 64.0 Å². The summed E-state index contributed by atoms with van der Waals surface area (Å²) in [5, 5.41) is 4.16. The van der Waals surface area contributed by atoms with Gasteiger partial charge in [-0.3, -0.25) is 4.68 Å². The largest absolute Gasteiger partial charge is 0.273 e. The molecular formula is C8H15N3O2S. The van der Waals surface area contributed by atoms with Crippen LogP contribution in [0.1, 0.15) is 19.5 Å². The van der Waals surface area contributed by atoms with Crippen LogP contribution in [-0.4, -0.2) is 24.0 Å². The van der Waals surface area contributed by atoms with Crippen LogP contribution in [0, 0.1) is 0 Å². The summed E-state index contributed by atoms with van der Waals surface area (Å²) < 4.78 is 26.4. The molecule has 0 aromatic carbocycles. The van der Waals surface area contributed by atoms with Crippen molar-refractivity contribution in [2.45, 2.75) is 26.9 Å². The number of rotatable bonds is 5. The minimum absolute atomic E-state index is 0.0987. The molecule has 0 aliphatic carbocycles. The fraction of sp³-hybridized carbons (Fsp3) is 0.625. The van der Waals surface area contributed by atoms with Crippen LogP contribution in [0.15, 0.2) is 12.3 Å². The lowest BCUT2D eigenvalue weighted by molar-refractivity contribution is 0.579. The van der Waals surface area contributed by atoms with Gasteiger partial charge in [0.25, 0.3) is 0 Å². The molecule has 0 fully saturated rings. The average Bonchev–Trinajstić information content (AvgIpc) is 2.63. The molecule has 1 rings (SSSR count). The molecule has 0 saturated heterocycles. The van der Waals surface area contributed by atoms with Crippen molar-refractivity contribution in [3.8, 4) is 0 Å². The van der Waals surface area contributed by atoms with E-state index in [2.05, 4.69) is 9.82 Å². The Hall–Kier alpha value is -0.880. The van der Waals surface area contributed by atoms with Gasteiger partial charge < -0.3 is 0 Å². The van der Waals surface area contributed by atoms with E-state index in [9.17, 15) is 8.42 Å². The Bertz CT molecular complexity index is 383. The molecule has 1 aromatic heterocycles. The highest BCUT2D eigenvalue weighted by Crippen LogP contribution is 1.96. The van der Waals surface area contributed by atoms with Gasteiger partial charge in [-0.15, -0.1) is 0 Å². The molecule has 1 aromatic rings. The predicted octanol–water partition coefficient (Wildman–Crippen LogP) is 0.342. The normalized spacial score (nSPS) is 11.9. The first kappa shape index (κ1) is 11.2. The molecule has 0 bridgehead atoms. The van der Waals surface area contributed by atoms with Crippen molar-refractivity contribution in [1.82, 2.24) is 14.5 Å². The van der Waals surface area contributed by atoms with E-state index in [1.165, 1.54) is 0 Å². The minimum Gasteiger partial charge on any atom is -0.273 e. The monoisotopic (exact) mass is 217 g/mol. The molecule has 80 valence electrons. The molecule has 0 spiro atoms. The zero-order valence-corrected chi connectivity index (χ0v) is 9.21. The summed E-state index contributed by atoms with van der Waals surface area (Å²) in [6.45, 7) is 4.64. The molecule has 0 saturated carbocycles. The van der Waals surface area contributed by atoms with Crippen LogP contribution in [-0.2, 0) is 23.1 Å². The standard InChI is InChI=1S/C8H15N3O2S/c1-3-11-6-5-8(10-11)7-9-14(12,13)4-2/h5-6,9H,3-4,7H2,1-2H3. The van der Waals surface area contributed by atoms with Gasteiger partial charge in [0.05, 0.1) is 18.0 Å². The van der Waals surface area contributed by atoms with E-state index >= 15 is 0 Å². The van der Waals surface area contributed by atoms with Crippen molar-refractivity contribution in [2.24, 2.45) is 0 Å². The quantitative estimate of drug-likeness (QED) is 0.773. The Morgan fingerprint density at radius 3 is 2.71 bits per heavy atom. The maximum atomic E-state index is 11.1. The highest BCUT2D eigenvalue weighted by molar-refractivity contribution is 7.89. The molecule has 0 amide bonds. The molecular weight excluding hydrogens is 202 g/mol. The maximum Gasteiger partial charge on any atom is 0.211 e.